The summed E-state index contributed by atoms with van der Waals surface area (Å²) in [4.78, 5) is 11.8. The summed E-state index contributed by atoms with van der Waals surface area (Å²) >= 11 is 17.9. The number of aromatic hydroxyl groups is 1. The van der Waals surface area contributed by atoms with E-state index in [2.05, 4.69) is 10.2 Å². The van der Waals surface area contributed by atoms with Gasteiger partial charge in [-0.05, 0) is 12.1 Å². The third kappa shape index (κ3) is 3.43. The number of halogens is 3. The molecule has 1 aromatic heterocycles. The molecular weight excluding hydrogens is 407 g/mol. The molecule has 2 N–H and O–H groups in total. The lowest BCUT2D eigenvalue weighted by Crippen LogP contribution is -2.16. The third-order valence-corrected chi connectivity index (χ3v) is 5.96. The first-order chi connectivity index (χ1) is 11.9. The third-order valence-electron chi connectivity index (χ3n) is 3.32. The number of H-pyrrole nitrogens is 1. The van der Waals surface area contributed by atoms with Crippen molar-refractivity contribution in [3.63, 3.8) is 0 Å². The largest absolute Gasteiger partial charge is 0.504 e. The summed E-state index contributed by atoms with van der Waals surface area (Å²) in [6.45, 7) is 0. The molecule has 1 heterocycles. The van der Waals surface area contributed by atoms with Gasteiger partial charge in [0.1, 0.15) is 5.69 Å². The molecule has 0 saturated carbocycles. The Bertz CT molecular complexity index is 1040. The zero-order valence-corrected chi connectivity index (χ0v) is 15.4. The standard InChI is InChI=1S/C16H9Cl3N2O3S/c17-9-6-11(19)12(7-10(9)18)25(24)15-14(22)13(20-21-16(15)23)8-4-2-1-3-5-8/h1-7H,(H2,21,22,23). The fraction of sp³-hybridized carbons (Fsp3) is 0. The molecule has 3 rings (SSSR count). The van der Waals surface area contributed by atoms with E-state index in [1.807, 2.05) is 0 Å². The van der Waals surface area contributed by atoms with E-state index < -0.39 is 22.1 Å². The molecule has 0 aliphatic carbocycles. The summed E-state index contributed by atoms with van der Waals surface area (Å²) in [7, 11) is -2.09. The molecule has 5 nitrogen and oxygen atoms in total. The Hall–Kier alpha value is -1.86. The van der Waals surface area contributed by atoms with Crippen molar-refractivity contribution in [2.45, 2.75) is 9.79 Å². The second-order valence-electron chi connectivity index (χ2n) is 4.91. The van der Waals surface area contributed by atoms with Gasteiger partial charge in [0, 0.05) is 5.56 Å². The molecule has 1 atom stereocenters. The van der Waals surface area contributed by atoms with Crippen LogP contribution in [0.5, 0.6) is 5.75 Å². The Morgan fingerprint density at radius 2 is 1.64 bits per heavy atom. The van der Waals surface area contributed by atoms with E-state index in [1.54, 1.807) is 30.3 Å². The Kier molecular flexibility index (Phi) is 5.15. The molecule has 0 spiro atoms. The fourth-order valence-electron chi connectivity index (χ4n) is 2.15. The SMILES string of the molecule is O=c1[nH]nc(-c2ccccc2)c(O)c1S(=O)c1cc(Cl)c(Cl)cc1Cl. The number of aromatic amines is 1. The van der Waals surface area contributed by atoms with Gasteiger partial charge in [-0.15, -0.1) is 0 Å². The van der Waals surface area contributed by atoms with Crippen LogP contribution in [0.3, 0.4) is 0 Å². The van der Waals surface area contributed by atoms with Crippen LogP contribution in [-0.4, -0.2) is 19.5 Å². The molecule has 0 bridgehead atoms. The minimum Gasteiger partial charge on any atom is -0.504 e. The van der Waals surface area contributed by atoms with Crippen molar-refractivity contribution in [2.24, 2.45) is 0 Å². The van der Waals surface area contributed by atoms with E-state index in [0.29, 0.717) is 5.56 Å². The lowest BCUT2D eigenvalue weighted by molar-refractivity contribution is 0.456. The van der Waals surface area contributed by atoms with Crippen molar-refractivity contribution in [2.75, 3.05) is 0 Å². The highest BCUT2D eigenvalue weighted by Gasteiger charge is 2.23. The molecule has 0 aliphatic heterocycles. The van der Waals surface area contributed by atoms with Gasteiger partial charge in [-0.1, -0.05) is 65.1 Å². The minimum absolute atomic E-state index is 0.0575. The van der Waals surface area contributed by atoms with Crippen molar-refractivity contribution >= 4 is 45.6 Å². The fourth-order valence-corrected chi connectivity index (χ4v) is 4.14. The summed E-state index contributed by atoms with van der Waals surface area (Å²) in [6, 6.07) is 11.3. The van der Waals surface area contributed by atoms with Crippen molar-refractivity contribution < 1.29 is 9.32 Å². The molecule has 0 amide bonds. The normalized spacial score (nSPS) is 12.1. The number of rotatable bonds is 3. The maximum absolute atomic E-state index is 12.9. The van der Waals surface area contributed by atoms with Crippen molar-refractivity contribution in [3.8, 4) is 17.0 Å². The zero-order valence-electron chi connectivity index (χ0n) is 12.3. The van der Waals surface area contributed by atoms with E-state index in [4.69, 9.17) is 34.8 Å². The number of hydrogen-bond donors (Lipinski definition) is 2. The van der Waals surface area contributed by atoms with Crippen LogP contribution >= 0.6 is 34.8 Å². The van der Waals surface area contributed by atoms with Crippen LogP contribution in [0.4, 0.5) is 0 Å². The Balaban J connectivity index is 2.19. The molecule has 0 fully saturated rings. The first-order valence-corrected chi connectivity index (χ1v) is 9.12. The molecule has 25 heavy (non-hydrogen) atoms. The monoisotopic (exact) mass is 414 g/mol. The second kappa shape index (κ2) is 7.17. The smallest absolute Gasteiger partial charge is 0.284 e. The molecule has 9 heteroatoms. The average molecular weight is 416 g/mol. The van der Waals surface area contributed by atoms with Gasteiger partial charge in [0.25, 0.3) is 5.56 Å². The molecule has 3 aromatic rings. The lowest BCUT2D eigenvalue weighted by atomic mass is 10.1. The number of aromatic nitrogens is 2. The van der Waals surface area contributed by atoms with E-state index in [1.165, 1.54) is 12.1 Å². The Morgan fingerprint density at radius 1 is 1.00 bits per heavy atom. The second-order valence-corrected chi connectivity index (χ2v) is 7.52. The minimum atomic E-state index is -2.09. The van der Waals surface area contributed by atoms with Gasteiger partial charge >= 0.3 is 0 Å². The Labute approximate surface area is 159 Å². The van der Waals surface area contributed by atoms with Crippen LogP contribution in [0.1, 0.15) is 0 Å². The quantitative estimate of drug-likeness (QED) is 0.626. The molecule has 0 saturated heterocycles. The van der Waals surface area contributed by atoms with Crippen LogP contribution < -0.4 is 5.56 Å². The molecule has 0 aliphatic rings. The van der Waals surface area contributed by atoms with Gasteiger partial charge in [-0.25, -0.2) is 9.31 Å². The van der Waals surface area contributed by atoms with E-state index in [0.717, 1.165) is 0 Å². The highest BCUT2D eigenvalue weighted by Crippen LogP contribution is 2.36. The van der Waals surface area contributed by atoms with Crippen molar-refractivity contribution in [3.05, 3.63) is 67.9 Å². The zero-order chi connectivity index (χ0) is 18.1. The van der Waals surface area contributed by atoms with Crippen LogP contribution in [0.25, 0.3) is 11.3 Å². The van der Waals surface area contributed by atoms with E-state index in [9.17, 15) is 14.1 Å². The van der Waals surface area contributed by atoms with Crippen LogP contribution in [0.15, 0.2) is 57.1 Å². The van der Waals surface area contributed by atoms with Crippen molar-refractivity contribution in [1.82, 2.24) is 10.2 Å². The summed E-state index contributed by atoms with van der Waals surface area (Å²) in [5, 5.41) is 16.9. The molecule has 1 unspecified atom stereocenters. The molecule has 0 radical (unpaired) electrons. The Morgan fingerprint density at radius 3 is 2.32 bits per heavy atom. The van der Waals surface area contributed by atoms with E-state index >= 15 is 0 Å². The maximum atomic E-state index is 12.9. The van der Waals surface area contributed by atoms with Gasteiger partial charge in [-0.2, -0.15) is 5.10 Å². The summed E-state index contributed by atoms with van der Waals surface area (Å²) in [5.74, 6) is -0.490. The van der Waals surface area contributed by atoms with Crippen LogP contribution in [0, 0.1) is 0 Å². The van der Waals surface area contributed by atoms with Crippen molar-refractivity contribution in [1.29, 1.82) is 0 Å². The van der Waals surface area contributed by atoms with Crippen LogP contribution in [-0.2, 0) is 10.8 Å². The molecular formula is C16H9Cl3N2O3S. The lowest BCUT2D eigenvalue weighted by Gasteiger charge is -2.10. The number of hydrogen-bond acceptors (Lipinski definition) is 4. The highest BCUT2D eigenvalue weighted by molar-refractivity contribution is 7.85. The van der Waals surface area contributed by atoms with Gasteiger partial charge in [0.05, 0.1) is 30.8 Å². The number of benzene rings is 2. The molecule has 2 aromatic carbocycles. The van der Waals surface area contributed by atoms with Gasteiger partial charge < -0.3 is 5.11 Å². The maximum Gasteiger partial charge on any atom is 0.284 e. The summed E-state index contributed by atoms with van der Waals surface area (Å²) in [5.41, 5.74) is -0.146. The first kappa shape index (κ1) is 17.9. The van der Waals surface area contributed by atoms with Gasteiger partial charge in [0.15, 0.2) is 10.6 Å². The summed E-state index contributed by atoms with van der Waals surface area (Å²) < 4.78 is 12.9. The van der Waals surface area contributed by atoms with Crippen LogP contribution in [0.2, 0.25) is 15.1 Å². The molecule has 128 valence electrons. The predicted octanol–water partition coefficient (Wildman–Crippen LogP) is 4.27. The number of nitrogens with zero attached hydrogens (tertiary/aromatic N) is 1. The highest BCUT2D eigenvalue weighted by atomic mass is 35.5. The van der Waals surface area contributed by atoms with Gasteiger partial charge in [0.2, 0.25) is 0 Å². The number of nitrogens with one attached hydrogen (secondary N) is 1. The average Bonchev–Trinajstić information content (AvgIpc) is 2.59. The van der Waals surface area contributed by atoms with E-state index in [-0.39, 0.29) is 30.6 Å². The van der Waals surface area contributed by atoms with Gasteiger partial charge in [-0.3, -0.25) is 4.79 Å². The predicted molar refractivity (Wildman–Crippen MR) is 98.1 cm³/mol. The first-order valence-electron chi connectivity index (χ1n) is 6.83. The topological polar surface area (TPSA) is 83.1 Å². The summed E-state index contributed by atoms with van der Waals surface area (Å²) in [6.07, 6.45) is 0.